The first-order valence-corrected chi connectivity index (χ1v) is 7.72. The summed E-state index contributed by atoms with van der Waals surface area (Å²) in [5, 5.41) is 3.42. The zero-order valence-electron chi connectivity index (χ0n) is 12.1. The maximum Gasteiger partial charge on any atom is 0.109 e. The Balaban J connectivity index is 1.94. The van der Waals surface area contributed by atoms with Gasteiger partial charge in [0.05, 0.1) is 17.8 Å². The fraction of sp³-hybridized carbons (Fsp3) is 0.800. The number of hydrogen-bond donors (Lipinski definition) is 1. The molecular formula is C15H25N3O. The molecule has 0 aliphatic carbocycles. The van der Waals surface area contributed by atoms with Gasteiger partial charge in [-0.2, -0.15) is 0 Å². The minimum absolute atomic E-state index is 0.379. The van der Waals surface area contributed by atoms with Gasteiger partial charge in [-0.1, -0.05) is 6.92 Å². The molecule has 1 aromatic rings. The molecule has 2 atom stereocenters. The van der Waals surface area contributed by atoms with Crippen LogP contribution in [0.15, 0.2) is 0 Å². The summed E-state index contributed by atoms with van der Waals surface area (Å²) < 4.78 is 8.39. The Bertz CT molecular complexity index is 435. The monoisotopic (exact) mass is 263 g/mol. The summed E-state index contributed by atoms with van der Waals surface area (Å²) in [6, 6.07) is 0.429. The summed E-state index contributed by atoms with van der Waals surface area (Å²) in [5.74, 6) is 1.26. The Labute approximate surface area is 115 Å². The Morgan fingerprint density at radius 2 is 2.42 bits per heavy atom. The van der Waals surface area contributed by atoms with Crippen molar-refractivity contribution >= 4 is 0 Å². The van der Waals surface area contributed by atoms with Crippen molar-refractivity contribution in [1.82, 2.24) is 14.9 Å². The molecule has 4 heteroatoms. The highest BCUT2D eigenvalue weighted by molar-refractivity contribution is 5.22. The van der Waals surface area contributed by atoms with Crippen molar-refractivity contribution in [2.24, 2.45) is 0 Å². The molecular weight excluding hydrogens is 238 g/mol. The Morgan fingerprint density at radius 3 is 3.16 bits per heavy atom. The van der Waals surface area contributed by atoms with E-state index in [0.29, 0.717) is 12.1 Å². The number of imidazole rings is 1. The van der Waals surface area contributed by atoms with Gasteiger partial charge in [-0.3, -0.25) is 0 Å². The standard InChI is InChI=1S/C15H25N3O/c1-3-5-15-17-12-10-16-8-7-13(12)18(15)11(2)14-6-4-9-19-14/h11,14,16H,3-10H2,1-2H3. The lowest BCUT2D eigenvalue weighted by Crippen LogP contribution is -2.29. The van der Waals surface area contributed by atoms with Crippen molar-refractivity contribution < 1.29 is 4.74 Å². The molecule has 0 amide bonds. The second-order valence-corrected chi connectivity index (χ2v) is 5.76. The molecule has 0 spiro atoms. The van der Waals surface area contributed by atoms with Gasteiger partial charge >= 0.3 is 0 Å². The number of nitrogens with one attached hydrogen (secondary N) is 1. The van der Waals surface area contributed by atoms with Crippen LogP contribution in [-0.2, 0) is 24.1 Å². The van der Waals surface area contributed by atoms with E-state index in [2.05, 4.69) is 23.7 Å². The highest BCUT2D eigenvalue weighted by Gasteiger charge is 2.29. The fourth-order valence-corrected chi connectivity index (χ4v) is 3.42. The van der Waals surface area contributed by atoms with Crippen molar-refractivity contribution in [2.75, 3.05) is 13.2 Å². The molecule has 1 N–H and O–H groups in total. The lowest BCUT2D eigenvalue weighted by Gasteiger charge is -2.26. The molecule has 3 rings (SSSR count). The predicted molar refractivity (Wildman–Crippen MR) is 75.3 cm³/mol. The minimum Gasteiger partial charge on any atom is -0.376 e. The average molecular weight is 263 g/mol. The topological polar surface area (TPSA) is 39.1 Å². The fourth-order valence-electron chi connectivity index (χ4n) is 3.42. The summed E-state index contributed by atoms with van der Waals surface area (Å²) in [6.45, 7) is 7.46. The zero-order chi connectivity index (χ0) is 13.2. The summed E-state index contributed by atoms with van der Waals surface area (Å²) in [6.07, 6.45) is 6.10. The van der Waals surface area contributed by atoms with Gasteiger partial charge in [0.2, 0.25) is 0 Å². The van der Waals surface area contributed by atoms with Gasteiger partial charge in [0.15, 0.2) is 0 Å². The van der Waals surface area contributed by atoms with Crippen LogP contribution in [0.5, 0.6) is 0 Å². The average Bonchev–Trinajstić information content (AvgIpc) is 3.06. The second kappa shape index (κ2) is 5.63. The maximum absolute atomic E-state index is 5.90. The van der Waals surface area contributed by atoms with E-state index < -0.39 is 0 Å². The van der Waals surface area contributed by atoms with Gasteiger partial charge in [0.25, 0.3) is 0 Å². The summed E-state index contributed by atoms with van der Waals surface area (Å²) in [7, 11) is 0. The SMILES string of the molecule is CCCc1nc2c(n1C(C)C1CCCO1)CCNC2. The van der Waals surface area contributed by atoms with Gasteiger partial charge in [0.1, 0.15) is 5.82 Å². The van der Waals surface area contributed by atoms with Gasteiger partial charge in [-0.25, -0.2) is 4.98 Å². The normalized spacial score (nSPS) is 24.4. The van der Waals surface area contributed by atoms with Crippen LogP contribution in [0.4, 0.5) is 0 Å². The van der Waals surface area contributed by atoms with E-state index in [1.165, 1.54) is 30.1 Å². The lowest BCUT2D eigenvalue weighted by atomic mass is 10.1. The molecule has 2 aliphatic rings. The highest BCUT2D eigenvalue weighted by atomic mass is 16.5. The number of hydrogen-bond acceptors (Lipinski definition) is 3. The van der Waals surface area contributed by atoms with Crippen LogP contribution in [0.2, 0.25) is 0 Å². The van der Waals surface area contributed by atoms with Gasteiger partial charge in [-0.15, -0.1) is 0 Å². The van der Waals surface area contributed by atoms with E-state index in [1.807, 2.05) is 0 Å². The van der Waals surface area contributed by atoms with Crippen molar-refractivity contribution in [3.8, 4) is 0 Å². The van der Waals surface area contributed by atoms with Crippen LogP contribution in [0.25, 0.3) is 0 Å². The van der Waals surface area contributed by atoms with Gasteiger partial charge < -0.3 is 14.6 Å². The summed E-state index contributed by atoms with van der Waals surface area (Å²) in [5.41, 5.74) is 2.71. The number of rotatable bonds is 4. The molecule has 19 heavy (non-hydrogen) atoms. The van der Waals surface area contributed by atoms with Crippen molar-refractivity contribution in [1.29, 1.82) is 0 Å². The van der Waals surface area contributed by atoms with Gasteiger partial charge in [0, 0.05) is 38.2 Å². The molecule has 106 valence electrons. The molecule has 0 aromatic carbocycles. The molecule has 0 radical (unpaired) electrons. The summed E-state index contributed by atoms with van der Waals surface area (Å²) in [4.78, 5) is 4.88. The Hall–Kier alpha value is -0.870. The van der Waals surface area contributed by atoms with Crippen molar-refractivity contribution in [2.45, 2.75) is 64.6 Å². The molecule has 1 aromatic heterocycles. The maximum atomic E-state index is 5.90. The second-order valence-electron chi connectivity index (χ2n) is 5.76. The smallest absolute Gasteiger partial charge is 0.109 e. The summed E-state index contributed by atoms with van der Waals surface area (Å²) >= 11 is 0. The van der Waals surface area contributed by atoms with Crippen LogP contribution in [0.3, 0.4) is 0 Å². The molecule has 1 saturated heterocycles. The predicted octanol–water partition coefficient (Wildman–Crippen LogP) is 2.22. The number of ether oxygens (including phenoxy) is 1. The Kier molecular flexibility index (Phi) is 3.89. The molecule has 0 saturated carbocycles. The molecule has 2 aliphatic heterocycles. The van der Waals surface area contributed by atoms with E-state index in [-0.39, 0.29) is 0 Å². The van der Waals surface area contributed by atoms with Crippen LogP contribution < -0.4 is 5.32 Å². The van der Waals surface area contributed by atoms with E-state index in [0.717, 1.165) is 39.0 Å². The quantitative estimate of drug-likeness (QED) is 0.905. The number of aromatic nitrogens is 2. The van der Waals surface area contributed by atoms with Crippen LogP contribution >= 0.6 is 0 Å². The molecule has 2 unspecified atom stereocenters. The molecule has 0 bridgehead atoms. The third-order valence-corrected chi connectivity index (χ3v) is 4.38. The van der Waals surface area contributed by atoms with Crippen LogP contribution in [0, 0.1) is 0 Å². The molecule has 1 fully saturated rings. The van der Waals surface area contributed by atoms with E-state index in [4.69, 9.17) is 9.72 Å². The first kappa shape index (κ1) is 13.1. The lowest BCUT2D eigenvalue weighted by molar-refractivity contribution is 0.0713. The van der Waals surface area contributed by atoms with Gasteiger partial charge in [-0.05, 0) is 26.2 Å². The highest BCUT2D eigenvalue weighted by Crippen LogP contribution is 2.29. The molecule has 3 heterocycles. The van der Waals surface area contributed by atoms with Crippen LogP contribution in [-0.4, -0.2) is 28.8 Å². The van der Waals surface area contributed by atoms with Crippen molar-refractivity contribution in [3.05, 3.63) is 17.2 Å². The largest absolute Gasteiger partial charge is 0.376 e. The number of fused-ring (bicyclic) bond motifs is 1. The Morgan fingerprint density at radius 1 is 1.53 bits per heavy atom. The number of nitrogens with zero attached hydrogens (tertiary/aromatic N) is 2. The van der Waals surface area contributed by atoms with Crippen LogP contribution in [0.1, 0.15) is 56.4 Å². The van der Waals surface area contributed by atoms with E-state index >= 15 is 0 Å². The first-order valence-electron chi connectivity index (χ1n) is 7.72. The minimum atomic E-state index is 0.379. The third-order valence-electron chi connectivity index (χ3n) is 4.38. The number of aryl methyl sites for hydroxylation is 1. The third kappa shape index (κ3) is 2.43. The zero-order valence-corrected chi connectivity index (χ0v) is 12.1. The van der Waals surface area contributed by atoms with E-state index in [9.17, 15) is 0 Å². The first-order chi connectivity index (χ1) is 9.31. The van der Waals surface area contributed by atoms with Crippen molar-refractivity contribution in [3.63, 3.8) is 0 Å². The molecule has 4 nitrogen and oxygen atoms in total. The van der Waals surface area contributed by atoms with E-state index in [1.54, 1.807) is 0 Å².